The molecule has 0 heterocycles. The Hall–Kier alpha value is -1.90. The van der Waals surface area contributed by atoms with Gasteiger partial charge in [0.2, 0.25) is 0 Å². The van der Waals surface area contributed by atoms with E-state index in [1.807, 2.05) is 13.8 Å². The minimum absolute atomic E-state index is 0.0284. The van der Waals surface area contributed by atoms with Crippen molar-refractivity contribution in [1.29, 1.82) is 0 Å². The first kappa shape index (κ1) is 17.2. The Labute approximate surface area is 125 Å². The lowest BCUT2D eigenvalue weighted by atomic mass is 10.1. The summed E-state index contributed by atoms with van der Waals surface area (Å²) in [6.45, 7) is 6.84. The highest BCUT2D eigenvalue weighted by Gasteiger charge is 2.12. The molecule has 114 valence electrons. The number of halogens is 1. The van der Waals surface area contributed by atoms with Gasteiger partial charge in [-0.2, -0.15) is 0 Å². The van der Waals surface area contributed by atoms with Crippen molar-refractivity contribution in [1.82, 2.24) is 10.2 Å². The van der Waals surface area contributed by atoms with Gasteiger partial charge in [-0.3, -0.25) is 4.79 Å². The maximum absolute atomic E-state index is 13.7. The fourth-order valence-electron chi connectivity index (χ4n) is 1.88. The van der Waals surface area contributed by atoms with Crippen LogP contribution in [-0.2, 0) is 0 Å². The van der Waals surface area contributed by atoms with Gasteiger partial charge in [-0.05, 0) is 31.3 Å². The molecule has 0 aromatic heterocycles. The normalized spacial score (nSPS) is 10.1. The summed E-state index contributed by atoms with van der Waals surface area (Å²) < 4.78 is 13.7. The summed E-state index contributed by atoms with van der Waals surface area (Å²) in [7, 11) is 0. The van der Waals surface area contributed by atoms with E-state index < -0.39 is 11.7 Å². The van der Waals surface area contributed by atoms with Crippen LogP contribution in [0.3, 0.4) is 0 Å². The number of carbonyl (C=O) groups excluding carboxylic acids is 1. The molecule has 0 saturated carbocycles. The Morgan fingerprint density at radius 2 is 2.10 bits per heavy atom. The number of hydrogen-bond acceptors (Lipinski definition) is 3. The number of likely N-dealkylation sites (N-methyl/N-ethyl adjacent to an activating group) is 1. The summed E-state index contributed by atoms with van der Waals surface area (Å²) in [5.74, 6) is 4.09. The van der Waals surface area contributed by atoms with Crippen LogP contribution in [0.2, 0.25) is 0 Å². The predicted octanol–water partition coefficient (Wildman–Crippen LogP) is 1.24. The molecule has 0 fully saturated rings. The largest absolute Gasteiger partial charge is 0.384 e. The Kier molecular flexibility index (Phi) is 7.44. The Morgan fingerprint density at radius 3 is 2.71 bits per heavy atom. The van der Waals surface area contributed by atoms with Crippen LogP contribution in [0.1, 0.15) is 29.8 Å². The molecule has 1 rings (SSSR count). The molecular weight excluding hydrogens is 271 g/mol. The van der Waals surface area contributed by atoms with Crippen molar-refractivity contribution in [3.63, 3.8) is 0 Å². The smallest absolute Gasteiger partial charge is 0.254 e. The van der Waals surface area contributed by atoms with Crippen LogP contribution < -0.4 is 5.32 Å². The molecule has 0 saturated heterocycles. The van der Waals surface area contributed by atoms with Gasteiger partial charge in [0.05, 0.1) is 5.56 Å². The topological polar surface area (TPSA) is 52.6 Å². The van der Waals surface area contributed by atoms with Crippen molar-refractivity contribution < 1.29 is 14.3 Å². The van der Waals surface area contributed by atoms with E-state index in [4.69, 9.17) is 5.11 Å². The van der Waals surface area contributed by atoms with E-state index in [0.29, 0.717) is 12.1 Å². The average Bonchev–Trinajstić information content (AvgIpc) is 2.50. The van der Waals surface area contributed by atoms with Crippen LogP contribution in [0, 0.1) is 17.7 Å². The van der Waals surface area contributed by atoms with E-state index >= 15 is 0 Å². The summed E-state index contributed by atoms with van der Waals surface area (Å²) in [4.78, 5) is 14.1. The van der Waals surface area contributed by atoms with Gasteiger partial charge in [-0.25, -0.2) is 4.39 Å². The molecular formula is C16H21FN2O2. The first-order valence-electron chi connectivity index (χ1n) is 7.02. The average molecular weight is 292 g/mol. The quantitative estimate of drug-likeness (QED) is 0.776. The van der Waals surface area contributed by atoms with Crippen molar-refractivity contribution in [2.75, 3.05) is 32.8 Å². The van der Waals surface area contributed by atoms with E-state index in [2.05, 4.69) is 22.1 Å². The monoisotopic (exact) mass is 292 g/mol. The lowest BCUT2D eigenvalue weighted by Crippen LogP contribution is -2.35. The Bertz CT molecular complexity index is 531. The molecule has 21 heavy (non-hydrogen) atoms. The van der Waals surface area contributed by atoms with Crippen LogP contribution in [-0.4, -0.2) is 48.7 Å². The highest BCUT2D eigenvalue weighted by Crippen LogP contribution is 2.10. The molecule has 0 aliphatic carbocycles. The number of hydrogen-bond donors (Lipinski definition) is 2. The first-order valence-corrected chi connectivity index (χ1v) is 7.02. The molecule has 0 aliphatic rings. The van der Waals surface area contributed by atoms with Crippen molar-refractivity contribution in [3.8, 4) is 11.8 Å². The second-order valence-corrected chi connectivity index (χ2v) is 4.44. The van der Waals surface area contributed by atoms with Crippen LogP contribution in [0.15, 0.2) is 18.2 Å². The van der Waals surface area contributed by atoms with Crippen LogP contribution in [0.4, 0.5) is 4.39 Å². The zero-order chi connectivity index (χ0) is 15.7. The maximum atomic E-state index is 13.7. The summed E-state index contributed by atoms with van der Waals surface area (Å²) in [5.41, 5.74) is 0.471. The second-order valence-electron chi connectivity index (χ2n) is 4.44. The standard InChI is InChI=1S/C16H21FN2O2/c1-3-19(4-2)10-9-18-16(21)14-12-13(6-5-11-20)7-8-15(14)17/h7-8,12,20H,3-4,9-11H2,1-2H3,(H,18,21). The van der Waals surface area contributed by atoms with Crippen molar-refractivity contribution in [2.45, 2.75) is 13.8 Å². The van der Waals surface area contributed by atoms with Gasteiger partial charge in [-0.1, -0.05) is 25.7 Å². The van der Waals surface area contributed by atoms with E-state index in [9.17, 15) is 9.18 Å². The number of nitrogens with one attached hydrogen (secondary N) is 1. The summed E-state index contributed by atoms with van der Waals surface area (Å²) >= 11 is 0. The lowest BCUT2D eigenvalue weighted by Gasteiger charge is -2.18. The molecule has 2 N–H and O–H groups in total. The molecule has 5 heteroatoms. The third-order valence-electron chi connectivity index (χ3n) is 3.13. The fraction of sp³-hybridized carbons (Fsp3) is 0.438. The van der Waals surface area contributed by atoms with Crippen LogP contribution in [0.25, 0.3) is 0 Å². The van der Waals surface area contributed by atoms with Crippen LogP contribution in [0.5, 0.6) is 0 Å². The fourth-order valence-corrected chi connectivity index (χ4v) is 1.88. The minimum atomic E-state index is -0.579. The SMILES string of the molecule is CCN(CC)CCNC(=O)c1cc(C#CCO)ccc1F. The lowest BCUT2D eigenvalue weighted by molar-refractivity contribution is 0.0945. The number of benzene rings is 1. The number of nitrogens with zero attached hydrogens (tertiary/aromatic N) is 1. The van der Waals surface area contributed by atoms with Crippen molar-refractivity contribution in [3.05, 3.63) is 35.1 Å². The van der Waals surface area contributed by atoms with Gasteiger partial charge in [0.1, 0.15) is 12.4 Å². The summed E-state index contributed by atoms with van der Waals surface area (Å²) in [5, 5.41) is 11.3. The highest BCUT2D eigenvalue weighted by molar-refractivity contribution is 5.94. The van der Waals surface area contributed by atoms with Gasteiger partial charge in [-0.15, -0.1) is 0 Å². The maximum Gasteiger partial charge on any atom is 0.254 e. The van der Waals surface area contributed by atoms with E-state index in [0.717, 1.165) is 19.6 Å². The molecule has 1 aromatic carbocycles. The Morgan fingerprint density at radius 1 is 1.38 bits per heavy atom. The number of rotatable bonds is 6. The zero-order valence-corrected chi connectivity index (χ0v) is 12.4. The van der Waals surface area contributed by atoms with Crippen molar-refractivity contribution >= 4 is 5.91 Å². The molecule has 4 nitrogen and oxygen atoms in total. The molecule has 0 atom stereocenters. The highest BCUT2D eigenvalue weighted by atomic mass is 19.1. The zero-order valence-electron chi connectivity index (χ0n) is 12.4. The van der Waals surface area contributed by atoms with Crippen LogP contribution >= 0.6 is 0 Å². The number of aliphatic hydroxyl groups is 1. The number of aliphatic hydroxyl groups excluding tert-OH is 1. The predicted molar refractivity (Wildman–Crippen MR) is 80.5 cm³/mol. The minimum Gasteiger partial charge on any atom is -0.384 e. The van der Waals surface area contributed by atoms with E-state index in [1.54, 1.807) is 0 Å². The first-order chi connectivity index (χ1) is 10.1. The third-order valence-corrected chi connectivity index (χ3v) is 3.13. The van der Waals surface area contributed by atoms with Gasteiger partial charge >= 0.3 is 0 Å². The van der Waals surface area contributed by atoms with Gasteiger partial charge < -0.3 is 15.3 Å². The summed E-state index contributed by atoms with van der Waals surface area (Å²) in [6.07, 6.45) is 0. The van der Waals surface area contributed by atoms with E-state index in [1.165, 1.54) is 18.2 Å². The molecule has 0 unspecified atom stereocenters. The second kappa shape index (κ2) is 9.11. The van der Waals surface area contributed by atoms with Gasteiger partial charge in [0.15, 0.2) is 0 Å². The number of carbonyl (C=O) groups is 1. The van der Waals surface area contributed by atoms with Gasteiger partial charge in [0.25, 0.3) is 5.91 Å². The number of amides is 1. The third kappa shape index (κ3) is 5.54. The molecule has 0 radical (unpaired) electrons. The molecule has 0 bridgehead atoms. The molecule has 1 amide bonds. The summed E-state index contributed by atoms with van der Waals surface area (Å²) in [6, 6.07) is 4.08. The van der Waals surface area contributed by atoms with Gasteiger partial charge in [0, 0.05) is 18.7 Å². The Balaban J connectivity index is 2.68. The van der Waals surface area contributed by atoms with E-state index in [-0.39, 0.29) is 12.2 Å². The molecule has 0 spiro atoms. The molecule has 0 aliphatic heterocycles. The molecule has 1 aromatic rings. The van der Waals surface area contributed by atoms with Crippen molar-refractivity contribution in [2.24, 2.45) is 0 Å².